The molecule has 118 valence electrons. The lowest BCUT2D eigenvalue weighted by molar-refractivity contribution is -0.151. The average molecular weight is 302 g/mol. The van der Waals surface area contributed by atoms with E-state index in [4.69, 9.17) is 14.2 Å². The van der Waals surface area contributed by atoms with Crippen molar-refractivity contribution in [1.29, 1.82) is 0 Å². The van der Waals surface area contributed by atoms with Gasteiger partial charge in [0, 0.05) is 7.11 Å². The largest absolute Gasteiger partial charge is 0.497 e. The highest BCUT2D eigenvalue weighted by Gasteiger charge is 2.19. The third-order valence-corrected chi connectivity index (χ3v) is 3.64. The summed E-state index contributed by atoms with van der Waals surface area (Å²) in [6, 6.07) is 11.8. The van der Waals surface area contributed by atoms with Crippen molar-refractivity contribution in [1.82, 2.24) is 0 Å². The maximum Gasteiger partial charge on any atom is 0.313 e. The number of carbonyl (C=O) groups excluding carboxylic acids is 1. The van der Waals surface area contributed by atoms with Gasteiger partial charge in [0.05, 0.1) is 19.6 Å². The van der Waals surface area contributed by atoms with Gasteiger partial charge in [0.2, 0.25) is 0 Å². The number of carbonyl (C=O) groups is 1. The topological polar surface area (TPSA) is 44.8 Å². The second-order valence-corrected chi connectivity index (χ2v) is 5.40. The molecule has 4 heteroatoms. The SMILES string of the molecule is COC[C@H](C)OC(=O)[C@@H](C)c1ccc2cc(OC)ccc2c1. The molecule has 2 atom stereocenters. The number of methoxy groups -OCH3 is 2. The van der Waals surface area contributed by atoms with Gasteiger partial charge < -0.3 is 14.2 Å². The van der Waals surface area contributed by atoms with Gasteiger partial charge in [-0.05, 0) is 42.3 Å². The van der Waals surface area contributed by atoms with Gasteiger partial charge >= 0.3 is 5.97 Å². The summed E-state index contributed by atoms with van der Waals surface area (Å²) in [5.74, 6) is 0.268. The summed E-state index contributed by atoms with van der Waals surface area (Å²) >= 11 is 0. The minimum Gasteiger partial charge on any atom is -0.497 e. The summed E-state index contributed by atoms with van der Waals surface area (Å²) in [6.07, 6.45) is -0.246. The van der Waals surface area contributed by atoms with Crippen molar-refractivity contribution < 1.29 is 19.0 Å². The third-order valence-electron chi connectivity index (χ3n) is 3.64. The van der Waals surface area contributed by atoms with Crippen molar-refractivity contribution in [2.75, 3.05) is 20.8 Å². The van der Waals surface area contributed by atoms with Crippen LogP contribution in [0.2, 0.25) is 0 Å². The number of fused-ring (bicyclic) bond motifs is 1. The number of hydrogen-bond acceptors (Lipinski definition) is 4. The molecule has 2 aromatic rings. The highest BCUT2D eigenvalue weighted by molar-refractivity contribution is 5.86. The molecule has 0 unspecified atom stereocenters. The normalized spacial score (nSPS) is 13.6. The molecule has 2 rings (SSSR count). The smallest absolute Gasteiger partial charge is 0.313 e. The quantitative estimate of drug-likeness (QED) is 0.766. The number of hydrogen-bond donors (Lipinski definition) is 0. The van der Waals surface area contributed by atoms with Crippen LogP contribution in [0.3, 0.4) is 0 Å². The molecule has 0 heterocycles. The van der Waals surface area contributed by atoms with E-state index >= 15 is 0 Å². The van der Waals surface area contributed by atoms with Gasteiger partial charge in [-0.1, -0.05) is 24.3 Å². The molecule has 0 fully saturated rings. The van der Waals surface area contributed by atoms with Crippen LogP contribution in [0.5, 0.6) is 5.75 Å². The summed E-state index contributed by atoms with van der Waals surface area (Å²) in [7, 11) is 3.24. The lowest BCUT2D eigenvalue weighted by atomic mass is 9.98. The van der Waals surface area contributed by atoms with Gasteiger partial charge in [0.25, 0.3) is 0 Å². The molecular weight excluding hydrogens is 280 g/mol. The van der Waals surface area contributed by atoms with Crippen LogP contribution in [0.25, 0.3) is 10.8 Å². The Labute approximate surface area is 131 Å². The molecule has 0 radical (unpaired) electrons. The summed E-state index contributed by atoms with van der Waals surface area (Å²) in [4.78, 5) is 12.2. The predicted molar refractivity (Wildman–Crippen MR) is 86.3 cm³/mol. The van der Waals surface area contributed by atoms with Gasteiger partial charge in [-0.25, -0.2) is 0 Å². The molecule has 0 aromatic heterocycles. The molecule has 0 N–H and O–H groups in total. The van der Waals surface area contributed by atoms with Crippen LogP contribution in [-0.4, -0.2) is 32.9 Å². The zero-order valence-corrected chi connectivity index (χ0v) is 13.5. The number of esters is 1. The predicted octanol–water partition coefficient (Wildman–Crippen LogP) is 3.53. The Balaban J connectivity index is 2.17. The maximum atomic E-state index is 12.2. The Morgan fingerprint density at radius 3 is 2.41 bits per heavy atom. The second kappa shape index (κ2) is 7.27. The summed E-state index contributed by atoms with van der Waals surface area (Å²) < 4.78 is 15.6. The Morgan fingerprint density at radius 1 is 1.05 bits per heavy atom. The third kappa shape index (κ3) is 3.77. The van der Waals surface area contributed by atoms with E-state index in [-0.39, 0.29) is 18.0 Å². The Bertz CT molecular complexity index is 651. The monoisotopic (exact) mass is 302 g/mol. The molecule has 0 saturated carbocycles. The molecule has 2 aromatic carbocycles. The van der Waals surface area contributed by atoms with Crippen molar-refractivity contribution in [3.05, 3.63) is 42.0 Å². The van der Waals surface area contributed by atoms with E-state index in [1.54, 1.807) is 14.2 Å². The van der Waals surface area contributed by atoms with E-state index in [1.165, 1.54) is 0 Å². The lowest BCUT2D eigenvalue weighted by Crippen LogP contribution is -2.23. The lowest BCUT2D eigenvalue weighted by Gasteiger charge is -2.17. The van der Waals surface area contributed by atoms with Gasteiger partial charge in [-0.15, -0.1) is 0 Å². The van der Waals surface area contributed by atoms with Gasteiger partial charge in [-0.2, -0.15) is 0 Å². The molecule has 0 amide bonds. The van der Waals surface area contributed by atoms with Gasteiger partial charge in [-0.3, -0.25) is 4.79 Å². The summed E-state index contributed by atoms with van der Waals surface area (Å²) in [5, 5.41) is 2.15. The zero-order valence-electron chi connectivity index (χ0n) is 13.5. The van der Waals surface area contributed by atoms with E-state index in [0.29, 0.717) is 6.61 Å². The van der Waals surface area contributed by atoms with Crippen molar-refractivity contribution in [3.8, 4) is 5.75 Å². The molecule has 0 aliphatic heterocycles. The van der Waals surface area contributed by atoms with E-state index < -0.39 is 0 Å². The molecule has 4 nitrogen and oxygen atoms in total. The maximum absolute atomic E-state index is 12.2. The zero-order chi connectivity index (χ0) is 16.1. The fourth-order valence-corrected chi connectivity index (χ4v) is 2.34. The van der Waals surface area contributed by atoms with Crippen LogP contribution in [0.15, 0.2) is 36.4 Å². The second-order valence-electron chi connectivity index (χ2n) is 5.40. The average Bonchev–Trinajstić information content (AvgIpc) is 2.53. The van der Waals surface area contributed by atoms with Crippen LogP contribution in [0.1, 0.15) is 25.3 Å². The molecule has 0 aliphatic rings. The van der Waals surface area contributed by atoms with Crippen LogP contribution in [0.4, 0.5) is 0 Å². The minimum atomic E-state index is -0.314. The summed E-state index contributed by atoms with van der Waals surface area (Å²) in [6.45, 7) is 4.07. The highest BCUT2D eigenvalue weighted by Crippen LogP contribution is 2.26. The van der Waals surface area contributed by atoms with Crippen LogP contribution in [-0.2, 0) is 14.3 Å². The molecule has 0 bridgehead atoms. The van der Waals surface area contributed by atoms with Crippen LogP contribution >= 0.6 is 0 Å². The first-order valence-corrected chi connectivity index (χ1v) is 7.32. The first-order chi connectivity index (χ1) is 10.5. The van der Waals surface area contributed by atoms with Crippen molar-refractivity contribution in [2.45, 2.75) is 25.9 Å². The number of ether oxygens (including phenoxy) is 3. The Kier molecular flexibility index (Phi) is 5.39. The van der Waals surface area contributed by atoms with Crippen LogP contribution < -0.4 is 4.74 Å². The molecule has 0 spiro atoms. The Morgan fingerprint density at radius 2 is 1.73 bits per heavy atom. The fraction of sp³-hybridized carbons (Fsp3) is 0.389. The molecular formula is C18H22O4. The van der Waals surface area contributed by atoms with Gasteiger partial charge in [0.15, 0.2) is 0 Å². The number of benzene rings is 2. The van der Waals surface area contributed by atoms with E-state index in [9.17, 15) is 4.79 Å². The minimum absolute atomic E-state index is 0.239. The fourth-order valence-electron chi connectivity index (χ4n) is 2.34. The first-order valence-electron chi connectivity index (χ1n) is 7.32. The van der Waals surface area contributed by atoms with Gasteiger partial charge in [0.1, 0.15) is 11.9 Å². The van der Waals surface area contributed by atoms with Crippen LogP contribution in [0, 0.1) is 0 Å². The Hall–Kier alpha value is -2.07. The van der Waals surface area contributed by atoms with Crippen molar-refractivity contribution in [3.63, 3.8) is 0 Å². The molecule has 0 aliphatic carbocycles. The summed E-state index contributed by atoms with van der Waals surface area (Å²) in [5.41, 5.74) is 0.937. The van der Waals surface area contributed by atoms with Crippen molar-refractivity contribution in [2.24, 2.45) is 0 Å². The highest BCUT2D eigenvalue weighted by atomic mass is 16.6. The molecule has 22 heavy (non-hydrogen) atoms. The van der Waals surface area contributed by atoms with E-state index in [2.05, 4.69) is 0 Å². The standard InChI is InChI=1S/C18H22O4/c1-12(11-20-3)22-18(19)13(2)14-5-6-16-10-17(21-4)8-7-15(16)9-14/h5-10,12-13H,11H2,1-4H3/t12-,13-/m0/s1. The van der Waals surface area contributed by atoms with Crippen molar-refractivity contribution >= 4 is 16.7 Å². The van der Waals surface area contributed by atoms with E-state index in [1.807, 2.05) is 50.2 Å². The first kappa shape index (κ1) is 16.3. The number of rotatable bonds is 6. The molecule has 0 saturated heterocycles. The van der Waals surface area contributed by atoms with E-state index in [0.717, 1.165) is 22.1 Å².